The van der Waals surface area contributed by atoms with Crippen molar-refractivity contribution in [2.75, 3.05) is 0 Å². The molecule has 1 aliphatic rings. The maximum absolute atomic E-state index is 12.5. The van der Waals surface area contributed by atoms with Crippen molar-refractivity contribution in [2.24, 2.45) is 11.0 Å². The van der Waals surface area contributed by atoms with Gasteiger partial charge in [-0.15, -0.1) is 0 Å². The Labute approximate surface area is 130 Å². The third-order valence-electron chi connectivity index (χ3n) is 4.09. The van der Waals surface area contributed by atoms with Gasteiger partial charge in [-0.2, -0.15) is 5.10 Å². The lowest BCUT2D eigenvalue weighted by Gasteiger charge is -2.19. The molecule has 1 unspecified atom stereocenters. The number of hydrogen-bond donors (Lipinski definition) is 1. The van der Waals surface area contributed by atoms with E-state index in [2.05, 4.69) is 17.5 Å². The van der Waals surface area contributed by atoms with Crippen molar-refractivity contribution in [3.8, 4) is 5.69 Å². The fraction of sp³-hybridized carbons (Fsp3) is 0.333. The number of nitrogens with zero attached hydrogens (tertiary/aromatic N) is 2. The first-order valence-corrected chi connectivity index (χ1v) is 7.82. The Morgan fingerprint density at radius 2 is 2.00 bits per heavy atom. The summed E-state index contributed by atoms with van der Waals surface area (Å²) in [5.74, 6) is 0.506. The predicted octanol–water partition coefficient (Wildman–Crippen LogP) is 3.77. The topological polar surface area (TPSA) is 46.4 Å². The molecule has 1 aromatic heterocycles. The molecule has 1 heterocycles. The number of carbonyl (C=O) groups excluding carboxylic acids is 1. The molecule has 1 amide bonds. The third kappa shape index (κ3) is 3.27. The van der Waals surface area contributed by atoms with E-state index in [1.165, 1.54) is 6.42 Å². The van der Waals surface area contributed by atoms with Crippen LogP contribution in [0.15, 0.2) is 53.9 Å². The monoisotopic (exact) mass is 295 g/mol. The minimum Gasteiger partial charge on any atom is -0.323 e. The molecule has 4 nitrogen and oxygen atoms in total. The van der Waals surface area contributed by atoms with Crippen molar-refractivity contribution in [1.29, 1.82) is 0 Å². The van der Waals surface area contributed by atoms with E-state index < -0.39 is 0 Å². The molecular weight excluding hydrogens is 274 g/mol. The third-order valence-corrected chi connectivity index (χ3v) is 4.09. The van der Waals surface area contributed by atoms with Crippen LogP contribution in [0.1, 0.15) is 43.0 Å². The highest BCUT2D eigenvalue weighted by molar-refractivity contribution is 5.98. The number of carbonyl (C=O) groups is 1. The summed E-state index contributed by atoms with van der Waals surface area (Å²) >= 11 is 0. The van der Waals surface area contributed by atoms with E-state index in [0.717, 1.165) is 30.7 Å². The Balaban J connectivity index is 1.77. The first-order valence-electron chi connectivity index (χ1n) is 7.82. The van der Waals surface area contributed by atoms with E-state index in [4.69, 9.17) is 0 Å². The van der Waals surface area contributed by atoms with Gasteiger partial charge in [0.05, 0.1) is 11.3 Å². The summed E-state index contributed by atoms with van der Waals surface area (Å²) in [5.41, 5.74) is 5.32. The first-order chi connectivity index (χ1) is 10.7. The molecule has 22 heavy (non-hydrogen) atoms. The number of nitrogens with one attached hydrogen (secondary N) is 1. The highest BCUT2D eigenvalue weighted by Crippen LogP contribution is 2.21. The van der Waals surface area contributed by atoms with Crippen LogP contribution >= 0.6 is 0 Å². The van der Waals surface area contributed by atoms with Crippen LogP contribution < -0.4 is 5.43 Å². The van der Waals surface area contributed by atoms with Gasteiger partial charge in [-0.25, -0.2) is 5.43 Å². The van der Waals surface area contributed by atoms with E-state index in [1.54, 1.807) is 0 Å². The molecule has 0 spiro atoms. The zero-order valence-electron chi connectivity index (χ0n) is 12.8. The van der Waals surface area contributed by atoms with Gasteiger partial charge in [0, 0.05) is 18.1 Å². The molecule has 1 N–H and O–H groups in total. The molecular formula is C18H21N3O. The molecule has 1 aromatic carbocycles. The minimum atomic E-state index is -0.157. The van der Waals surface area contributed by atoms with E-state index >= 15 is 0 Å². The smallest absolute Gasteiger partial charge is 0.273 e. The Kier molecular flexibility index (Phi) is 4.37. The van der Waals surface area contributed by atoms with Crippen molar-refractivity contribution in [3.05, 3.63) is 54.4 Å². The molecule has 114 valence electrons. The maximum atomic E-state index is 12.5. The van der Waals surface area contributed by atoms with Gasteiger partial charge in [-0.3, -0.25) is 4.79 Å². The summed E-state index contributed by atoms with van der Waals surface area (Å²) in [6.07, 6.45) is 8.25. The van der Waals surface area contributed by atoms with Crippen molar-refractivity contribution >= 4 is 11.6 Å². The lowest BCUT2D eigenvalue weighted by atomic mass is 9.89. The number of benzene rings is 1. The lowest BCUT2D eigenvalue weighted by Crippen LogP contribution is -2.23. The summed E-state index contributed by atoms with van der Waals surface area (Å²) in [6.45, 7) is 2.23. The molecule has 0 bridgehead atoms. The van der Waals surface area contributed by atoms with Gasteiger partial charge in [0.25, 0.3) is 5.91 Å². The molecule has 1 fully saturated rings. The second-order valence-corrected chi connectivity index (χ2v) is 5.93. The van der Waals surface area contributed by atoms with Crippen LogP contribution in [0, 0.1) is 5.92 Å². The second-order valence-electron chi connectivity index (χ2n) is 5.93. The largest absolute Gasteiger partial charge is 0.323 e. The van der Waals surface area contributed by atoms with Gasteiger partial charge >= 0.3 is 0 Å². The highest BCUT2D eigenvalue weighted by Gasteiger charge is 2.15. The molecule has 0 saturated heterocycles. The molecule has 1 atom stereocenters. The van der Waals surface area contributed by atoms with Crippen LogP contribution in [-0.4, -0.2) is 16.2 Å². The van der Waals surface area contributed by atoms with Crippen molar-refractivity contribution in [1.82, 2.24) is 9.99 Å². The Bertz CT molecular complexity index is 673. The van der Waals surface area contributed by atoms with E-state index in [0.29, 0.717) is 11.5 Å². The Hall–Kier alpha value is -2.36. The number of amides is 1. The van der Waals surface area contributed by atoms with E-state index in [9.17, 15) is 4.79 Å². The standard InChI is InChI=1S/C18H21N3O/c1-14-7-6-8-15(13-14)19-20-18(22)16-9-2-3-10-17(16)21-11-4-5-12-21/h2-5,9-12,14H,6-8,13H2,1H3,(H,20,22)/b19-15+. The fourth-order valence-corrected chi connectivity index (χ4v) is 2.94. The van der Waals surface area contributed by atoms with Crippen LogP contribution in [0.4, 0.5) is 0 Å². The minimum absolute atomic E-state index is 0.157. The molecule has 1 aliphatic carbocycles. The van der Waals surface area contributed by atoms with Gasteiger partial charge in [0.15, 0.2) is 0 Å². The number of hydrazone groups is 1. The SMILES string of the molecule is CC1CCC/C(=N\NC(=O)c2ccccc2-n2cccc2)C1. The first kappa shape index (κ1) is 14.6. The van der Waals surface area contributed by atoms with E-state index in [1.807, 2.05) is 53.4 Å². The van der Waals surface area contributed by atoms with Gasteiger partial charge in [0.2, 0.25) is 0 Å². The molecule has 3 rings (SSSR count). The maximum Gasteiger partial charge on any atom is 0.273 e. The Morgan fingerprint density at radius 3 is 2.77 bits per heavy atom. The van der Waals surface area contributed by atoms with Gasteiger partial charge in [0.1, 0.15) is 0 Å². The van der Waals surface area contributed by atoms with Gasteiger partial charge < -0.3 is 4.57 Å². The van der Waals surface area contributed by atoms with Crippen LogP contribution in [-0.2, 0) is 0 Å². The number of aromatic nitrogens is 1. The second kappa shape index (κ2) is 6.60. The number of hydrogen-bond acceptors (Lipinski definition) is 2. The average molecular weight is 295 g/mol. The summed E-state index contributed by atoms with van der Waals surface area (Å²) in [4.78, 5) is 12.5. The summed E-state index contributed by atoms with van der Waals surface area (Å²) in [6, 6.07) is 11.5. The van der Waals surface area contributed by atoms with Crippen LogP contribution in [0.2, 0.25) is 0 Å². The van der Waals surface area contributed by atoms with Crippen LogP contribution in [0.3, 0.4) is 0 Å². The van der Waals surface area contributed by atoms with E-state index in [-0.39, 0.29) is 5.91 Å². The highest BCUT2D eigenvalue weighted by atomic mass is 16.2. The van der Waals surface area contributed by atoms with Crippen LogP contribution in [0.5, 0.6) is 0 Å². The number of para-hydroxylation sites is 1. The zero-order valence-corrected chi connectivity index (χ0v) is 12.8. The van der Waals surface area contributed by atoms with Crippen molar-refractivity contribution < 1.29 is 4.79 Å². The lowest BCUT2D eigenvalue weighted by molar-refractivity contribution is 0.0954. The summed E-state index contributed by atoms with van der Waals surface area (Å²) < 4.78 is 1.94. The normalized spacial score (nSPS) is 20.0. The fourth-order valence-electron chi connectivity index (χ4n) is 2.94. The number of rotatable bonds is 3. The summed E-state index contributed by atoms with van der Waals surface area (Å²) in [7, 11) is 0. The van der Waals surface area contributed by atoms with Crippen molar-refractivity contribution in [3.63, 3.8) is 0 Å². The molecule has 0 radical (unpaired) electrons. The van der Waals surface area contributed by atoms with Crippen LogP contribution in [0.25, 0.3) is 5.69 Å². The molecule has 1 saturated carbocycles. The van der Waals surface area contributed by atoms with Gasteiger partial charge in [-0.1, -0.05) is 19.1 Å². The summed E-state index contributed by atoms with van der Waals surface area (Å²) in [5, 5.41) is 4.34. The molecule has 0 aliphatic heterocycles. The zero-order chi connectivity index (χ0) is 15.4. The Morgan fingerprint density at radius 1 is 1.23 bits per heavy atom. The molecule has 2 aromatic rings. The van der Waals surface area contributed by atoms with Gasteiger partial charge in [-0.05, 0) is 55.9 Å². The average Bonchev–Trinajstić information content (AvgIpc) is 3.07. The van der Waals surface area contributed by atoms with Crippen molar-refractivity contribution in [2.45, 2.75) is 32.6 Å². The predicted molar refractivity (Wildman–Crippen MR) is 88.3 cm³/mol. The molecule has 4 heteroatoms. The quantitative estimate of drug-likeness (QED) is 0.861.